The summed E-state index contributed by atoms with van der Waals surface area (Å²) in [7, 11) is 3.12. The summed E-state index contributed by atoms with van der Waals surface area (Å²) in [5.74, 6) is -1.09. The molecule has 1 aliphatic rings. The molecular weight excluding hydrogens is 184 g/mol. The Kier molecular flexibility index (Phi) is 3.50. The summed E-state index contributed by atoms with van der Waals surface area (Å²) in [6.45, 7) is 4.20. The van der Waals surface area contributed by atoms with Crippen LogP contribution >= 0.6 is 0 Å². The summed E-state index contributed by atoms with van der Waals surface area (Å²) in [5.41, 5.74) is 0. The van der Waals surface area contributed by atoms with Gasteiger partial charge in [-0.1, -0.05) is 6.92 Å². The zero-order valence-corrected chi connectivity index (χ0v) is 9.20. The van der Waals surface area contributed by atoms with Crippen molar-refractivity contribution in [1.29, 1.82) is 0 Å². The SMILES string of the molecule is CCOC(=O)C1C(CC)C1(OC)OC. The van der Waals surface area contributed by atoms with Gasteiger partial charge in [0.2, 0.25) is 0 Å². The third kappa shape index (κ3) is 1.53. The fourth-order valence-electron chi connectivity index (χ4n) is 2.13. The molecule has 4 heteroatoms. The minimum Gasteiger partial charge on any atom is -0.466 e. The Morgan fingerprint density at radius 3 is 2.14 bits per heavy atom. The zero-order chi connectivity index (χ0) is 10.8. The molecule has 0 aromatic rings. The van der Waals surface area contributed by atoms with Crippen LogP contribution in [0.2, 0.25) is 0 Å². The van der Waals surface area contributed by atoms with Gasteiger partial charge < -0.3 is 14.2 Å². The van der Waals surface area contributed by atoms with Gasteiger partial charge in [0.1, 0.15) is 5.92 Å². The summed E-state index contributed by atoms with van der Waals surface area (Å²) < 4.78 is 15.5. The molecule has 0 heterocycles. The molecule has 4 nitrogen and oxygen atoms in total. The maximum Gasteiger partial charge on any atom is 0.314 e. The Hall–Kier alpha value is -0.610. The molecule has 0 amide bonds. The van der Waals surface area contributed by atoms with Gasteiger partial charge in [-0.25, -0.2) is 0 Å². The molecule has 0 bridgehead atoms. The quantitative estimate of drug-likeness (QED) is 0.496. The van der Waals surface area contributed by atoms with Crippen molar-refractivity contribution < 1.29 is 19.0 Å². The van der Waals surface area contributed by atoms with E-state index in [1.165, 1.54) is 0 Å². The number of methoxy groups -OCH3 is 2. The molecule has 0 saturated heterocycles. The van der Waals surface area contributed by atoms with Crippen LogP contribution in [-0.4, -0.2) is 32.6 Å². The smallest absolute Gasteiger partial charge is 0.314 e. The summed E-state index contributed by atoms with van der Waals surface area (Å²) >= 11 is 0. The Balaban J connectivity index is 2.67. The summed E-state index contributed by atoms with van der Waals surface area (Å²) in [6, 6.07) is 0. The monoisotopic (exact) mass is 202 g/mol. The predicted octanol–water partition coefficient (Wildman–Crippen LogP) is 1.19. The molecule has 0 aliphatic heterocycles. The lowest BCUT2D eigenvalue weighted by molar-refractivity contribution is -0.167. The number of carbonyl (C=O) groups excluding carboxylic acids is 1. The number of hydrogen-bond acceptors (Lipinski definition) is 4. The largest absolute Gasteiger partial charge is 0.466 e. The fraction of sp³-hybridized carbons (Fsp3) is 0.900. The van der Waals surface area contributed by atoms with Crippen LogP contribution in [0, 0.1) is 11.8 Å². The Morgan fingerprint density at radius 1 is 1.29 bits per heavy atom. The van der Waals surface area contributed by atoms with E-state index in [2.05, 4.69) is 0 Å². The standard InChI is InChI=1S/C10H18O4/c1-5-7-8(9(11)14-6-2)10(7,12-3)13-4/h7-8H,5-6H2,1-4H3. The van der Waals surface area contributed by atoms with Crippen molar-refractivity contribution in [2.24, 2.45) is 11.8 Å². The molecule has 1 rings (SSSR count). The van der Waals surface area contributed by atoms with Gasteiger partial charge in [-0.05, 0) is 13.3 Å². The van der Waals surface area contributed by atoms with Crippen molar-refractivity contribution in [3.8, 4) is 0 Å². The van der Waals surface area contributed by atoms with Gasteiger partial charge in [-0.2, -0.15) is 0 Å². The number of carbonyl (C=O) groups is 1. The van der Waals surface area contributed by atoms with Gasteiger partial charge in [0.25, 0.3) is 0 Å². The molecule has 1 saturated carbocycles. The van der Waals surface area contributed by atoms with Crippen molar-refractivity contribution in [1.82, 2.24) is 0 Å². The van der Waals surface area contributed by atoms with Gasteiger partial charge in [0.15, 0.2) is 5.79 Å². The van der Waals surface area contributed by atoms with Crippen LogP contribution in [-0.2, 0) is 19.0 Å². The zero-order valence-electron chi connectivity index (χ0n) is 9.20. The molecule has 0 spiro atoms. The van der Waals surface area contributed by atoms with Crippen molar-refractivity contribution in [3.63, 3.8) is 0 Å². The van der Waals surface area contributed by atoms with Crippen molar-refractivity contribution in [2.45, 2.75) is 26.1 Å². The van der Waals surface area contributed by atoms with Crippen LogP contribution in [0.15, 0.2) is 0 Å². The van der Waals surface area contributed by atoms with E-state index in [1.807, 2.05) is 6.92 Å². The molecule has 1 aliphatic carbocycles. The first-order valence-corrected chi connectivity index (χ1v) is 4.94. The molecule has 0 N–H and O–H groups in total. The number of rotatable bonds is 5. The van der Waals surface area contributed by atoms with E-state index in [4.69, 9.17) is 14.2 Å². The Morgan fingerprint density at radius 2 is 1.86 bits per heavy atom. The molecular formula is C10H18O4. The van der Waals surface area contributed by atoms with Crippen LogP contribution < -0.4 is 0 Å². The second kappa shape index (κ2) is 4.28. The van der Waals surface area contributed by atoms with Crippen LogP contribution in [0.1, 0.15) is 20.3 Å². The van der Waals surface area contributed by atoms with E-state index in [9.17, 15) is 4.79 Å². The van der Waals surface area contributed by atoms with Gasteiger partial charge in [0, 0.05) is 20.1 Å². The number of esters is 1. The van der Waals surface area contributed by atoms with Crippen LogP contribution in [0.4, 0.5) is 0 Å². The van der Waals surface area contributed by atoms with Crippen molar-refractivity contribution in [3.05, 3.63) is 0 Å². The minimum atomic E-state index is -0.735. The van der Waals surface area contributed by atoms with E-state index < -0.39 is 5.79 Å². The second-order valence-electron chi connectivity index (χ2n) is 3.37. The Bertz CT molecular complexity index is 210. The summed E-state index contributed by atoms with van der Waals surface area (Å²) in [4.78, 5) is 11.5. The number of ether oxygens (including phenoxy) is 3. The molecule has 1 fully saturated rings. The highest BCUT2D eigenvalue weighted by atomic mass is 16.7. The molecule has 0 aromatic carbocycles. The molecule has 14 heavy (non-hydrogen) atoms. The molecule has 82 valence electrons. The van der Waals surface area contributed by atoms with E-state index in [1.54, 1.807) is 21.1 Å². The normalized spacial score (nSPS) is 28.6. The van der Waals surface area contributed by atoms with Gasteiger partial charge in [-0.3, -0.25) is 4.79 Å². The maximum atomic E-state index is 11.5. The minimum absolute atomic E-state index is 0.122. The molecule has 0 aromatic heterocycles. The van der Waals surface area contributed by atoms with E-state index in [-0.39, 0.29) is 17.8 Å². The lowest BCUT2D eigenvalue weighted by Gasteiger charge is -2.13. The van der Waals surface area contributed by atoms with Gasteiger partial charge in [0.05, 0.1) is 6.61 Å². The molecule has 2 atom stereocenters. The van der Waals surface area contributed by atoms with Crippen molar-refractivity contribution in [2.75, 3.05) is 20.8 Å². The van der Waals surface area contributed by atoms with Crippen molar-refractivity contribution >= 4 is 5.97 Å². The van der Waals surface area contributed by atoms with Crippen LogP contribution in [0.25, 0.3) is 0 Å². The maximum absolute atomic E-state index is 11.5. The lowest BCUT2D eigenvalue weighted by Crippen LogP contribution is -2.23. The predicted molar refractivity (Wildman–Crippen MR) is 50.7 cm³/mol. The second-order valence-corrected chi connectivity index (χ2v) is 3.37. The van der Waals surface area contributed by atoms with Crippen LogP contribution in [0.3, 0.4) is 0 Å². The van der Waals surface area contributed by atoms with Gasteiger partial charge >= 0.3 is 5.97 Å². The topological polar surface area (TPSA) is 44.8 Å². The highest BCUT2D eigenvalue weighted by Gasteiger charge is 2.70. The average molecular weight is 202 g/mol. The lowest BCUT2D eigenvalue weighted by atomic mass is 10.2. The van der Waals surface area contributed by atoms with Crippen LogP contribution in [0.5, 0.6) is 0 Å². The third-order valence-corrected chi connectivity index (χ3v) is 2.86. The van der Waals surface area contributed by atoms with E-state index >= 15 is 0 Å². The highest BCUT2D eigenvalue weighted by Crippen LogP contribution is 2.56. The fourth-order valence-corrected chi connectivity index (χ4v) is 2.13. The first-order valence-electron chi connectivity index (χ1n) is 4.94. The molecule has 0 radical (unpaired) electrons. The highest BCUT2D eigenvalue weighted by molar-refractivity contribution is 5.78. The Labute approximate surface area is 84.5 Å². The first kappa shape index (κ1) is 11.5. The first-order chi connectivity index (χ1) is 6.67. The molecule has 2 unspecified atom stereocenters. The summed E-state index contributed by atoms with van der Waals surface area (Å²) in [6.07, 6.45) is 0.852. The summed E-state index contributed by atoms with van der Waals surface area (Å²) in [5, 5.41) is 0. The van der Waals surface area contributed by atoms with E-state index in [0.29, 0.717) is 6.61 Å². The number of hydrogen-bond donors (Lipinski definition) is 0. The van der Waals surface area contributed by atoms with Gasteiger partial charge in [-0.15, -0.1) is 0 Å². The third-order valence-electron chi connectivity index (χ3n) is 2.86. The average Bonchev–Trinajstić information content (AvgIpc) is 2.86. The van der Waals surface area contributed by atoms with E-state index in [0.717, 1.165) is 6.42 Å².